The second kappa shape index (κ2) is 24.0. The van der Waals surface area contributed by atoms with Crippen LogP contribution in [0.5, 0.6) is 5.75 Å². The molecular weight excluding hydrogens is 732 g/mol. The molecule has 0 saturated carbocycles. The molecule has 1 aromatic rings. The van der Waals surface area contributed by atoms with Gasteiger partial charge in [-0.1, -0.05) is 12.1 Å². The van der Waals surface area contributed by atoms with Gasteiger partial charge in [-0.05, 0) is 60.6 Å². The summed E-state index contributed by atoms with van der Waals surface area (Å²) in [6.45, 7) is 11.3. The molecule has 0 amide bonds. The maximum Gasteiger partial charge on any atom is 0.342 e. The van der Waals surface area contributed by atoms with Gasteiger partial charge in [0.15, 0.2) is 0 Å². The molecule has 1 aromatic carbocycles. The number of hydrogen-bond acceptors (Lipinski definition) is 17. The van der Waals surface area contributed by atoms with Crippen molar-refractivity contribution in [3.8, 4) is 5.75 Å². The molecular formula is C37H50O18. The van der Waals surface area contributed by atoms with Gasteiger partial charge in [0, 0.05) is 6.92 Å². The number of benzene rings is 1. The van der Waals surface area contributed by atoms with Gasteiger partial charge in [-0.2, -0.15) is 0 Å². The highest BCUT2D eigenvalue weighted by molar-refractivity contribution is 5.93. The topological polar surface area (TPSA) is 248 Å². The molecule has 55 heavy (non-hydrogen) atoms. The average Bonchev–Trinajstić information content (AvgIpc) is 2.99. The number of aliphatic carboxylic acids is 1. The van der Waals surface area contributed by atoms with Crippen LogP contribution in [0.15, 0.2) is 24.3 Å². The minimum atomic E-state index is -1.13. The predicted molar refractivity (Wildman–Crippen MR) is 186 cm³/mol. The van der Waals surface area contributed by atoms with Gasteiger partial charge in [0.25, 0.3) is 0 Å². The van der Waals surface area contributed by atoms with Crippen molar-refractivity contribution in [2.75, 3.05) is 0 Å². The summed E-state index contributed by atoms with van der Waals surface area (Å²) in [6.07, 6.45) is -8.74. The third-order valence-corrected chi connectivity index (χ3v) is 6.85. The number of carboxylic acids is 1. The van der Waals surface area contributed by atoms with Crippen molar-refractivity contribution in [1.82, 2.24) is 0 Å². The summed E-state index contributed by atoms with van der Waals surface area (Å²) in [5, 5.41) is 8.73. The molecule has 0 aliphatic heterocycles. The van der Waals surface area contributed by atoms with Crippen LogP contribution in [-0.4, -0.2) is 102 Å². The van der Waals surface area contributed by atoms with E-state index < -0.39 is 96.5 Å². The van der Waals surface area contributed by atoms with Crippen LogP contribution in [0, 0.1) is 0 Å². The third-order valence-electron chi connectivity index (χ3n) is 6.85. The van der Waals surface area contributed by atoms with Gasteiger partial charge in [-0.3, -0.25) is 38.4 Å². The van der Waals surface area contributed by atoms with Crippen LogP contribution in [0.1, 0.15) is 111 Å². The quantitative estimate of drug-likeness (QED) is 0.0946. The normalized spacial score (nSPS) is 14.5. The number of carbonyl (C=O) groups is 9. The molecule has 1 N–H and O–H groups in total. The number of rotatable bonds is 23. The van der Waals surface area contributed by atoms with E-state index in [9.17, 15) is 43.2 Å². The van der Waals surface area contributed by atoms with E-state index in [0.29, 0.717) is 0 Å². The highest BCUT2D eigenvalue weighted by Gasteiger charge is 2.25. The van der Waals surface area contributed by atoms with Crippen molar-refractivity contribution in [2.45, 2.75) is 143 Å². The smallest absolute Gasteiger partial charge is 0.342 e. The summed E-state index contributed by atoms with van der Waals surface area (Å²) in [5.41, 5.74) is -0.00850. The Kier molecular flexibility index (Phi) is 20.7. The number of carbonyl (C=O) groups excluding carboxylic acids is 8. The van der Waals surface area contributed by atoms with Crippen molar-refractivity contribution >= 4 is 53.7 Å². The number of carboxylic acid groups (broad SMARTS) is 1. The summed E-state index contributed by atoms with van der Waals surface area (Å²) in [5.74, 6) is -7.17. The monoisotopic (exact) mass is 782 g/mol. The average molecular weight is 783 g/mol. The fraction of sp³-hybridized carbons (Fsp3) is 0.595. The molecule has 0 spiro atoms. The summed E-state index contributed by atoms with van der Waals surface area (Å²) >= 11 is 0. The van der Waals surface area contributed by atoms with Crippen LogP contribution < -0.4 is 4.74 Å². The molecule has 0 bridgehead atoms. The van der Waals surface area contributed by atoms with Crippen LogP contribution in [0.3, 0.4) is 0 Å². The van der Waals surface area contributed by atoms with E-state index in [2.05, 4.69) is 0 Å². The highest BCUT2D eigenvalue weighted by Crippen LogP contribution is 2.20. The second-order valence-electron chi connectivity index (χ2n) is 12.9. The second-order valence-corrected chi connectivity index (χ2v) is 12.9. The van der Waals surface area contributed by atoms with Gasteiger partial charge in [0.05, 0.1) is 44.9 Å². The molecule has 18 heteroatoms. The largest absolute Gasteiger partial charge is 0.481 e. The molecule has 0 radical (unpaired) electrons. The van der Waals surface area contributed by atoms with Gasteiger partial charge in [0.1, 0.15) is 54.0 Å². The Morgan fingerprint density at radius 3 is 1.02 bits per heavy atom. The van der Waals surface area contributed by atoms with E-state index in [0.717, 1.165) is 0 Å². The summed E-state index contributed by atoms with van der Waals surface area (Å²) < 4.78 is 41.1. The van der Waals surface area contributed by atoms with E-state index in [1.54, 1.807) is 12.1 Å². The van der Waals surface area contributed by atoms with E-state index in [1.165, 1.54) is 67.5 Å². The fourth-order valence-electron chi connectivity index (χ4n) is 4.71. The Morgan fingerprint density at radius 2 is 0.727 bits per heavy atom. The van der Waals surface area contributed by atoms with Crippen molar-refractivity contribution in [1.29, 1.82) is 0 Å². The molecule has 0 aliphatic rings. The maximum atomic E-state index is 12.5. The van der Waals surface area contributed by atoms with Crippen molar-refractivity contribution in [3.05, 3.63) is 29.8 Å². The first-order valence-electron chi connectivity index (χ1n) is 17.5. The van der Waals surface area contributed by atoms with Gasteiger partial charge >= 0.3 is 53.7 Å². The van der Waals surface area contributed by atoms with Crippen LogP contribution in [0.2, 0.25) is 0 Å². The first-order valence-corrected chi connectivity index (χ1v) is 17.5. The zero-order valence-corrected chi connectivity index (χ0v) is 32.2. The standard InChI is InChI=1S/C37H50O18/c1-20(13-30(39)40)48-31(41)14-21(2)49-32(42)15-22(3)50-33(43)16-23(4)51-34(44)17-24(5)52-35(45)18-25(6)53-36(46)19-26(7)54-37(47)28-11-9-10-12-29(28)55-27(8)38/h9-12,20-26H,13-19H2,1-8H3,(H,39,40). The predicted octanol–water partition coefficient (Wildman–Crippen LogP) is 3.56. The van der Waals surface area contributed by atoms with Crippen molar-refractivity contribution < 1.29 is 86.2 Å². The van der Waals surface area contributed by atoms with E-state index in [-0.39, 0.29) is 56.3 Å². The van der Waals surface area contributed by atoms with Crippen LogP contribution in [-0.2, 0) is 71.5 Å². The molecule has 18 nitrogen and oxygen atoms in total. The molecule has 0 heterocycles. The zero-order chi connectivity index (χ0) is 41.8. The van der Waals surface area contributed by atoms with Crippen molar-refractivity contribution in [2.24, 2.45) is 0 Å². The Balaban J connectivity index is 2.37. The SMILES string of the molecule is CC(=O)Oc1ccccc1C(=O)OC(C)CC(=O)OC(C)CC(=O)OC(C)CC(=O)OC(C)CC(=O)OC(C)CC(=O)OC(C)CC(=O)OC(C)CC(=O)O. The van der Waals surface area contributed by atoms with Gasteiger partial charge in [-0.25, -0.2) is 4.79 Å². The van der Waals surface area contributed by atoms with Crippen LogP contribution in [0.25, 0.3) is 0 Å². The first kappa shape index (κ1) is 47.5. The molecule has 0 fully saturated rings. The fourth-order valence-corrected chi connectivity index (χ4v) is 4.71. The number of para-hydroxylation sites is 1. The first-order chi connectivity index (χ1) is 25.6. The van der Waals surface area contributed by atoms with Gasteiger partial charge in [0.2, 0.25) is 0 Å². The number of hydrogen-bond donors (Lipinski definition) is 1. The molecule has 7 atom stereocenters. The lowest BCUT2D eigenvalue weighted by atomic mass is 10.2. The van der Waals surface area contributed by atoms with Crippen LogP contribution in [0.4, 0.5) is 0 Å². The Morgan fingerprint density at radius 1 is 0.455 bits per heavy atom. The highest BCUT2D eigenvalue weighted by atomic mass is 16.6. The molecule has 306 valence electrons. The number of esters is 8. The van der Waals surface area contributed by atoms with E-state index >= 15 is 0 Å². The lowest BCUT2D eigenvalue weighted by molar-refractivity contribution is -0.162. The van der Waals surface area contributed by atoms with Crippen molar-refractivity contribution in [3.63, 3.8) is 0 Å². The summed E-state index contributed by atoms with van der Waals surface area (Å²) in [6, 6.07) is 5.93. The van der Waals surface area contributed by atoms with E-state index in [1.807, 2.05) is 0 Å². The lowest BCUT2D eigenvalue weighted by Crippen LogP contribution is -2.28. The molecule has 0 aromatic heterocycles. The lowest BCUT2D eigenvalue weighted by Gasteiger charge is -2.19. The minimum absolute atomic E-state index is 0.00315. The summed E-state index contributed by atoms with van der Waals surface area (Å²) in [7, 11) is 0. The van der Waals surface area contributed by atoms with Gasteiger partial charge in [-0.15, -0.1) is 0 Å². The maximum absolute atomic E-state index is 12.5. The number of ether oxygens (including phenoxy) is 8. The third kappa shape index (κ3) is 21.7. The molecule has 7 unspecified atom stereocenters. The van der Waals surface area contributed by atoms with Crippen LogP contribution >= 0.6 is 0 Å². The van der Waals surface area contributed by atoms with E-state index in [4.69, 9.17) is 43.0 Å². The zero-order valence-electron chi connectivity index (χ0n) is 32.2. The molecule has 0 aliphatic carbocycles. The minimum Gasteiger partial charge on any atom is -0.481 e. The molecule has 1 rings (SSSR count). The van der Waals surface area contributed by atoms with Gasteiger partial charge < -0.3 is 43.0 Å². The Bertz CT molecular complexity index is 1520. The molecule has 0 saturated heterocycles. The summed E-state index contributed by atoms with van der Waals surface area (Å²) in [4.78, 5) is 108. The Hall–Kier alpha value is -5.55. The Labute approximate surface area is 318 Å².